The van der Waals surface area contributed by atoms with Gasteiger partial charge in [-0.15, -0.1) is 0 Å². The van der Waals surface area contributed by atoms with Crippen LogP contribution in [-0.2, 0) is 6.54 Å². The average molecular weight is 347 g/mol. The lowest BCUT2D eigenvalue weighted by molar-refractivity contribution is 0.0697. The number of fused-ring (bicyclic) bond motifs is 3. The Hall–Kier alpha value is -3.48. The highest BCUT2D eigenvalue weighted by atomic mass is 16.4. The van der Waals surface area contributed by atoms with Gasteiger partial charge in [-0.2, -0.15) is 0 Å². The van der Waals surface area contributed by atoms with E-state index in [9.17, 15) is 9.90 Å². The van der Waals surface area contributed by atoms with Crippen LogP contribution < -0.4 is 5.32 Å². The number of hydrogen-bond acceptors (Lipinski definition) is 5. The molecule has 0 atom stereocenters. The van der Waals surface area contributed by atoms with Crippen molar-refractivity contribution in [3.05, 3.63) is 60.4 Å². The van der Waals surface area contributed by atoms with Crippen molar-refractivity contribution in [1.82, 2.24) is 19.5 Å². The normalized spacial score (nSPS) is 11.1. The van der Waals surface area contributed by atoms with Crippen molar-refractivity contribution in [2.45, 2.75) is 13.5 Å². The second-order valence-corrected chi connectivity index (χ2v) is 6.01. The minimum absolute atomic E-state index is 0.216. The molecule has 4 aromatic rings. The van der Waals surface area contributed by atoms with E-state index in [-0.39, 0.29) is 5.56 Å². The maximum atomic E-state index is 11.3. The van der Waals surface area contributed by atoms with Crippen molar-refractivity contribution in [2.75, 3.05) is 11.9 Å². The molecule has 0 fully saturated rings. The molecule has 0 amide bonds. The number of imidazole rings is 1. The van der Waals surface area contributed by atoms with Gasteiger partial charge in [-0.05, 0) is 25.1 Å². The summed E-state index contributed by atoms with van der Waals surface area (Å²) in [5.74, 6) is 0.707. The molecule has 0 radical (unpaired) electrons. The van der Waals surface area contributed by atoms with Gasteiger partial charge in [-0.3, -0.25) is 4.98 Å². The molecule has 0 aliphatic rings. The Kier molecular flexibility index (Phi) is 3.96. The van der Waals surface area contributed by atoms with Crippen molar-refractivity contribution in [3.8, 4) is 0 Å². The molecular weight excluding hydrogens is 330 g/mol. The van der Waals surface area contributed by atoms with E-state index in [4.69, 9.17) is 0 Å². The monoisotopic (exact) mass is 347 g/mol. The van der Waals surface area contributed by atoms with Crippen LogP contribution in [0.3, 0.4) is 0 Å². The molecule has 0 spiro atoms. The number of hydrogen-bond donors (Lipinski definition) is 2. The summed E-state index contributed by atoms with van der Waals surface area (Å²) >= 11 is 0. The first kappa shape index (κ1) is 16.0. The maximum Gasteiger partial charge on any atom is 0.335 e. The summed E-state index contributed by atoms with van der Waals surface area (Å²) in [5.41, 5.74) is 0.847. The number of carboxylic acid groups (broad SMARTS) is 1. The second-order valence-electron chi connectivity index (χ2n) is 6.01. The van der Waals surface area contributed by atoms with Gasteiger partial charge >= 0.3 is 5.97 Å². The highest BCUT2D eigenvalue weighted by Crippen LogP contribution is 2.29. The third-order valence-corrected chi connectivity index (χ3v) is 4.41. The molecule has 2 N–H and O–H groups in total. The van der Waals surface area contributed by atoms with Gasteiger partial charge in [-0.1, -0.05) is 6.07 Å². The Morgan fingerprint density at radius 2 is 2.08 bits per heavy atom. The van der Waals surface area contributed by atoms with E-state index in [1.807, 2.05) is 19.2 Å². The minimum Gasteiger partial charge on any atom is -0.478 e. The lowest BCUT2D eigenvalue weighted by Crippen LogP contribution is -2.12. The van der Waals surface area contributed by atoms with E-state index in [1.165, 1.54) is 0 Å². The van der Waals surface area contributed by atoms with Crippen molar-refractivity contribution in [2.24, 2.45) is 0 Å². The molecule has 1 aromatic carbocycles. The molecule has 0 aliphatic carbocycles. The highest BCUT2D eigenvalue weighted by molar-refractivity contribution is 6.10. The van der Waals surface area contributed by atoms with Crippen LogP contribution in [0.25, 0.3) is 21.7 Å². The van der Waals surface area contributed by atoms with E-state index in [0.29, 0.717) is 12.1 Å². The zero-order chi connectivity index (χ0) is 18.1. The number of pyridine rings is 2. The molecule has 4 rings (SSSR count). The number of benzene rings is 1. The maximum absolute atomic E-state index is 11.3. The number of rotatable bonds is 5. The van der Waals surface area contributed by atoms with E-state index < -0.39 is 5.97 Å². The molecule has 130 valence electrons. The fourth-order valence-corrected chi connectivity index (χ4v) is 3.05. The first-order valence-corrected chi connectivity index (χ1v) is 8.26. The quantitative estimate of drug-likeness (QED) is 0.539. The largest absolute Gasteiger partial charge is 0.478 e. The van der Waals surface area contributed by atoms with Gasteiger partial charge in [0.25, 0.3) is 0 Å². The van der Waals surface area contributed by atoms with Crippen LogP contribution >= 0.6 is 0 Å². The number of aromatic nitrogens is 4. The van der Waals surface area contributed by atoms with E-state index in [0.717, 1.165) is 34.3 Å². The van der Waals surface area contributed by atoms with Crippen molar-refractivity contribution >= 4 is 33.5 Å². The Morgan fingerprint density at radius 3 is 2.85 bits per heavy atom. The number of nitrogens with one attached hydrogen (secondary N) is 1. The number of aryl methyl sites for hydroxylation is 1. The topological polar surface area (TPSA) is 92.9 Å². The van der Waals surface area contributed by atoms with Crippen molar-refractivity contribution < 1.29 is 9.90 Å². The van der Waals surface area contributed by atoms with Crippen LogP contribution in [0.15, 0.2) is 49.1 Å². The van der Waals surface area contributed by atoms with Gasteiger partial charge in [0.05, 0.1) is 11.1 Å². The number of nitrogens with zero attached hydrogens (tertiary/aromatic N) is 4. The van der Waals surface area contributed by atoms with Gasteiger partial charge in [0, 0.05) is 54.0 Å². The van der Waals surface area contributed by atoms with Gasteiger partial charge in [0.2, 0.25) is 0 Å². The zero-order valence-corrected chi connectivity index (χ0v) is 14.2. The smallest absolute Gasteiger partial charge is 0.335 e. The number of anilines is 1. The number of carboxylic acids is 1. The molecule has 7 nitrogen and oxygen atoms in total. The summed E-state index contributed by atoms with van der Waals surface area (Å²) in [7, 11) is 0. The summed E-state index contributed by atoms with van der Waals surface area (Å²) in [6, 6.07) is 6.88. The Bertz CT molecular complexity index is 1120. The first-order chi connectivity index (χ1) is 12.6. The summed E-state index contributed by atoms with van der Waals surface area (Å²) < 4.78 is 2.06. The van der Waals surface area contributed by atoms with Crippen LogP contribution in [0.4, 0.5) is 5.82 Å². The molecule has 7 heteroatoms. The number of aromatic carboxylic acids is 1. The first-order valence-electron chi connectivity index (χ1n) is 8.26. The lowest BCUT2D eigenvalue weighted by atomic mass is 10.1. The Labute approximate surface area is 149 Å². The number of carbonyl (C=O) groups is 1. The zero-order valence-electron chi connectivity index (χ0n) is 14.2. The molecule has 3 aromatic heterocycles. The summed E-state index contributed by atoms with van der Waals surface area (Å²) in [6.07, 6.45) is 7.22. The van der Waals surface area contributed by atoms with Crippen LogP contribution in [-0.4, -0.2) is 37.1 Å². The third-order valence-electron chi connectivity index (χ3n) is 4.41. The van der Waals surface area contributed by atoms with Gasteiger partial charge in [-0.25, -0.2) is 14.8 Å². The van der Waals surface area contributed by atoms with E-state index in [2.05, 4.69) is 24.8 Å². The molecule has 0 saturated heterocycles. The molecule has 0 unspecified atom stereocenters. The fraction of sp³-hybridized carbons (Fsp3) is 0.158. The third kappa shape index (κ3) is 2.83. The second kappa shape index (κ2) is 6.44. The summed E-state index contributed by atoms with van der Waals surface area (Å²) in [6.45, 7) is 3.39. The van der Waals surface area contributed by atoms with Gasteiger partial charge < -0.3 is 15.0 Å². The van der Waals surface area contributed by atoms with Crippen molar-refractivity contribution in [1.29, 1.82) is 0 Å². The Morgan fingerprint density at radius 1 is 1.19 bits per heavy atom. The van der Waals surface area contributed by atoms with Crippen molar-refractivity contribution in [3.63, 3.8) is 0 Å². The predicted molar refractivity (Wildman–Crippen MR) is 99.5 cm³/mol. The molecule has 0 bridgehead atoms. The van der Waals surface area contributed by atoms with Crippen LogP contribution in [0, 0.1) is 6.92 Å². The van der Waals surface area contributed by atoms with Crippen LogP contribution in [0.5, 0.6) is 0 Å². The fourth-order valence-electron chi connectivity index (χ4n) is 3.05. The average Bonchev–Trinajstić information content (AvgIpc) is 3.06. The van der Waals surface area contributed by atoms with Crippen LogP contribution in [0.1, 0.15) is 16.2 Å². The molecule has 26 heavy (non-hydrogen) atoms. The minimum atomic E-state index is -0.968. The molecule has 0 aliphatic heterocycles. The standard InChI is InChI=1S/C19H17N5O2/c1-12-21-6-8-24(12)9-7-22-18-15-4-5-20-11-16(15)14-3-2-13(19(25)26)10-17(14)23-18/h2-6,8,10-11H,7,9H2,1H3,(H,22,23)(H,25,26). The van der Waals surface area contributed by atoms with E-state index in [1.54, 1.807) is 36.8 Å². The Balaban J connectivity index is 1.73. The van der Waals surface area contributed by atoms with E-state index >= 15 is 0 Å². The summed E-state index contributed by atoms with van der Waals surface area (Å²) in [5, 5.41) is 15.4. The van der Waals surface area contributed by atoms with Gasteiger partial charge in [0.15, 0.2) is 0 Å². The SMILES string of the molecule is Cc1nccn1CCNc1nc2cc(C(=O)O)ccc2c2cnccc12. The van der Waals surface area contributed by atoms with Crippen LogP contribution in [0.2, 0.25) is 0 Å². The lowest BCUT2D eigenvalue weighted by Gasteiger charge is -2.12. The highest BCUT2D eigenvalue weighted by Gasteiger charge is 2.11. The molecular formula is C19H17N5O2. The molecule has 0 saturated carbocycles. The summed E-state index contributed by atoms with van der Waals surface area (Å²) in [4.78, 5) is 24.3. The van der Waals surface area contributed by atoms with Gasteiger partial charge in [0.1, 0.15) is 11.6 Å². The predicted octanol–water partition coefficient (Wildman–Crippen LogP) is 3.10. The molecule has 3 heterocycles.